The smallest absolute Gasteiger partial charge is 0.303 e. The maximum absolute atomic E-state index is 11.7. The van der Waals surface area contributed by atoms with Crippen molar-refractivity contribution in [2.24, 2.45) is 0 Å². The van der Waals surface area contributed by atoms with E-state index < -0.39 is 5.97 Å². The highest BCUT2D eigenvalue weighted by Crippen LogP contribution is 2.03. The monoisotopic (exact) mass is 224 g/mol. The van der Waals surface area contributed by atoms with Crippen molar-refractivity contribution in [2.75, 3.05) is 0 Å². The van der Waals surface area contributed by atoms with Crippen LogP contribution in [0.5, 0.6) is 0 Å². The van der Waals surface area contributed by atoms with Crippen molar-refractivity contribution in [1.29, 1.82) is 0 Å². The predicted molar refractivity (Wildman–Crippen MR) is 59.5 cm³/mol. The molecule has 0 spiro atoms. The van der Waals surface area contributed by atoms with E-state index in [0.29, 0.717) is 17.1 Å². The number of carboxylic acid groups (broad SMARTS) is 1. The Bertz CT molecular complexity index is 437. The number of nitrogens with zero attached hydrogens (tertiary/aromatic N) is 1. The molecule has 0 atom stereocenters. The minimum Gasteiger partial charge on any atom is -0.481 e. The molecule has 0 saturated carbocycles. The minimum atomic E-state index is -0.906. The SMILES string of the molecule is CCCc1nc(C)c(CCC(=O)O)c(=O)[nH]1. The zero-order chi connectivity index (χ0) is 12.1. The third-order valence-electron chi connectivity index (χ3n) is 2.35. The zero-order valence-electron chi connectivity index (χ0n) is 9.54. The summed E-state index contributed by atoms with van der Waals surface area (Å²) in [5.41, 5.74) is 0.896. The van der Waals surface area contributed by atoms with Crippen molar-refractivity contribution in [3.05, 3.63) is 27.4 Å². The summed E-state index contributed by atoms with van der Waals surface area (Å²) in [7, 11) is 0. The summed E-state index contributed by atoms with van der Waals surface area (Å²) in [6, 6.07) is 0. The number of aryl methyl sites for hydroxylation is 2. The molecule has 5 nitrogen and oxygen atoms in total. The third kappa shape index (κ3) is 3.18. The number of H-pyrrole nitrogens is 1. The summed E-state index contributed by atoms with van der Waals surface area (Å²) >= 11 is 0. The fourth-order valence-corrected chi connectivity index (χ4v) is 1.55. The first-order valence-corrected chi connectivity index (χ1v) is 5.35. The summed E-state index contributed by atoms with van der Waals surface area (Å²) in [5, 5.41) is 8.56. The van der Waals surface area contributed by atoms with Gasteiger partial charge in [0.25, 0.3) is 5.56 Å². The van der Waals surface area contributed by atoms with Crippen LogP contribution < -0.4 is 5.56 Å². The summed E-state index contributed by atoms with van der Waals surface area (Å²) in [6.07, 6.45) is 1.83. The summed E-state index contributed by atoms with van der Waals surface area (Å²) < 4.78 is 0. The Labute approximate surface area is 93.5 Å². The Morgan fingerprint density at radius 2 is 2.12 bits per heavy atom. The van der Waals surface area contributed by atoms with E-state index >= 15 is 0 Å². The lowest BCUT2D eigenvalue weighted by molar-refractivity contribution is -0.136. The Kier molecular flexibility index (Phi) is 4.22. The molecule has 0 aliphatic carbocycles. The Morgan fingerprint density at radius 3 is 2.62 bits per heavy atom. The van der Waals surface area contributed by atoms with Gasteiger partial charge in [0.1, 0.15) is 5.82 Å². The molecule has 1 aromatic heterocycles. The molecule has 1 heterocycles. The quantitative estimate of drug-likeness (QED) is 0.783. The molecule has 0 aliphatic heterocycles. The van der Waals surface area contributed by atoms with Crippen LogP contribution in [0.1, 0.15) is 36.8 Å². The largest absolute Gasteiger partial charge is 0.481 e. The van der Waals surface area contributed by atoms with Crippen LogP contribution in [0, 0.1) is 6.92 Å². The Balaban J connectivity index is 2.94. The number of carbonyl (C=O) groups is 1. The Morgan fingerprint density at radius 1 is 1.44 bits per heavy atom. The summed E-state index contributed by atoms with van der Waals surface area (Å²) in [4.78, 5) is 29.0. The van der Waals surface area contributed by atoms with Gasteiger partial charge in [-0.05, 0) is 19.8 Å². The molecule has 0 aromatic carbocycles. The molecule has 1 rings (SSSR count). The molecule has 0 saturated heterocycles. The molecular formula is C11H16N2O3. The van der Waals surface area contributed by atoms with E-state index in [1.807, 2.05) is 6.92 Å². The van der Waals surface area contributed by atoms with Crippen LogP contribution in [0.15, 0.2) is 4.79 Å². The van der Waals surface area contributed by atoms with Crippen molar-refractivity contribution < 1.29 is 9.90 Å². The molecule has 2 N–H and O–H groups in total. The van der Waals surface area contributed by atoms with Crippen molar-refractivity contribution >= 4 is 5.97 Å². The molecule has 0 aliphatic rings. The number of aromatic amines is 1. The number of aromatic nitrogens is 2. The van der Waals surface area contributed by atoms with Gasteiger partial charge in [-0.3, -0.25) is 9.59 Å². The fourth-order valence-electron chi connectivity index (χ4n) is 1.55. The second-order valence-corrected chi connectivity index (χ2v) is 3.72. The maximum atomic E-state index is 11.7. The summed E-state index contributed by atoms with van der Waals surface area (Å²) in [6.45, 7) is 3.75. The topological polar surface area (TPSA) is 83.0 Å². The normalized spacial score (nSPS) is 10.4. The number of nitrogens with one attached hydrogen (secondary N) is 1. The highest BCUT2D eigenvalue weighted by Gasteiger charge is 2.09. The van der Waals surface area contributed by atoms with Gasteiger partial charge in [-0.2, -0.15) is 0 Å². The van der Waals surface area contributed by atoms with Gasteiger partial charge in [0, 0.05) is 24.1 Å². The molecular weight excluding hydrogens is 208 g/mol. The van der Waals surface area contributed by atoms with Gasteiger partial charge in [-0.25, -0.2) is 4.98 Å². The molecule has 16 heavy (non-hydrogen) atoms. The third-order valence-corrected chi connectivity index (χ3v) is 2.35. The van der Waals surface area contributed by atoms with Gasteiger partial charge in [0.15, 0.2) is 0 Å². The molecule has 1 aromatic rings. The van der Waals surface area contributed by atoms with Crippen molar-refractivity contribution in [3.8, 4) is 0 Å². The lowest BCUT2D eigenvalue weighted by Crippen LogP contribution is -2.19. The van der Waals surface area contributed by atoms with E-state index in [2.05, 4.69) is 9.97 Å². The maximum Gasteiger partial charge on any atom is 0.303 e. The van der Waals surface area contributed by atoms with E-state index in [-0.39, 0.29) is 18.4 Å². The van der Waals surface area contributed by atoms with Crippen LogP contribution in [0.4, 0.5) is 0 Å². The van der Waals surface area contributed by atoms with E-state index in [9.17, 15) is 9.59 Å². The van der Waals surface area contributed by atoms with Crippen molar-refractivity contribution in [2.45, 2.75) is 39.5 Å². The second-order valence-electron chi connectivity index (χ2n) is 3.72. The second kappa shape index (κ2) is 5.44. The minimum absolute atomic E-state index is 0.0429. The number of rotatable bonds is 5. The molecule has 88 valence electrons. The number of hydrogen-bond donors (Lipinski definition) is 2. The van der Waals surface area contributed by atoms with Crippen LogP contribution in [0.2, 0.25) is 0 Å². The van der Waals surface area contributed by atoms with Gasteiger partial charge in [0.2, 0.25) is 0 Å². The van der Waals surface area contributed by atoms with Crippen LogP contribution in [0.3, 0.4) is 0 Å². The molecule has 0 fully saturated rings. The lowest BCUT2D eigenvalue weighted by Gasteiger charge is -2.05. The lowest BCUT2D eigenvalue weighted by atomic mass is 10.1. The number of aliphatic carboxylic acids is 1. The molecule has 5 heteroatoms. The fraction of sp³-hybridized carbons (Fsp3) is 0.545. The molecule has 0 radical (unpaired) electrons. The van der Waals surface area contributed by atoms with Crippen molar-refractivity contribution in [3.63, 3.8) is 0 Å². The van der Waals surface area contributed by atoms with E-state index in [1.165, 1.54) is 0 Å². The van der Waals surface area contributed by atoms with Crippen LogP contribution >= 0.6 is 0 Å². The van der Waals surface area contributed by atoms with Gasteiger partial charge in [-0.15, -0.1) is 0 Å². The highest BCUT2D eigenvalue weighted by molar-refractivity contribution is 5.67. The first kappa shape index (κ1) is 12.4. The van der Waals surface area contributed by atoms with Gasteiger partial charge in [0.05, 0.1) is 0 Å². The van der Waals surface area contributed by atoms with Gasteiger partial charge in [-0.1, -0.05) is 6.92 Å². The van der Waals surface area contributed by atoms with E-state index in [1.54, 1.807) is 6.92 Å². The number of hydrogen-bond acceptors (Lipinski definition) is 3. The first-order valence-electron chi connectivity index (χ1n) is 5.35. The van der Waals surface area contributed by atoms with Crippen molar-refractivity contribution in [1.82, 2.24) is 9.97 Å². The Hall–Kier alpha value is -1.65. The molecule has 0 amide bonds. The average Bonchev–Trinajstić information content (AvgIpc) is 2.16. The first-order chi connectivity index (χ1) is 7.54. The van der Waals surface area contributed by atoms with Crippen LogP contribution in [-0.2, 0) is 17.6 Å². The molecule has 0 bridgehead atoms. The standard InChI is InChI=1S/C11H16N2O3/c1-3-4-9-12-7(2)8(11(16)13-9)5-6-10(14)15/h3-6H2,1-2H3,(H,14,15)(H,12,13,16). The van der Waals surface area contributed by atoms with Gasteiger partial charge >= 0.3 is 5.97 Å². The predicted octanol–water partition coefficient (Wildman–Crippen LogP) is 1.05. The number of carboxylic acids is 1. The highest BCUT2D eigenvalue weighted by atomic mass is 16.4. The van der Waals surface area contributed by atoms with Crippen LogP contribution in [0.25, 0.3) is 0 Å². The van der Waals surface area contributed by atoms with E-state index in [4.69, 9.17) is 5.11 Å². The zero-order valence-corrected chi connectivity index (χ0v) is 9.54. The summed E-state index contributed by atoms with van der Waals surface area (Å²) in [5.74, 6) is -0.236. The molecule has 0 unspecified atom stereocenters. The average molecular weight is 224 g/mol. The van der Waals surface area contributed by atoms with E-state index in [0.717, 1.165) is 12.8 Å². The van der Waals surface area contributed by atoms with Crippen LogP contribution in [-0.4, -0.2) is 21.0 Å². The van der Waals surface area contributed by atoms with Gasteiger partial charge < -0.3 is 10.1 Å².